The van der Waals surface area contributed by atoms with Crippen LogP contribution in [0.15, 0.2) is 72.8 Å². The molecule has 1 aliphatic rings. The number of ether oxygens (including phenoxy) is 2. The molecule has 0 bridgehead atoms. The Morgan fingerprint density at radius 2 is 1.17 bits per heavy atom. The molecule has 10 heteroatoms. The van der Waals surface area contributed by atoms with Gasteiger partial charge in [0, 0.05) is 11.6 Å². The molecule has 0 aromatic heterocycles. The second-order valence-electron chi connectivity index (χ2n) is 10.7. The molecule has 4 aromatic rings. The second-order valence-corrected chi connectivity index (χ2v) is 10.7. The van der Waals surface area contributed by atoms with Crippen molar-refractivity contribution in [2.45, 2.75) is 38.1 Å². The van der Waals surface area contributed by atoms with Crippen LogP contribution in [0.5, 0.6) is 23.0 Å². The fraction of sp³-hybridized carbons (Fsp3) is 0.222. The standard InChI is InChI=1S/C21H23NO4.C15H12O5/c1-26-19-12-16(11-17(13-23)20(19)24)14-6-5-7-15(10-14)21(25)22-18-8-3-2-4-9-18;1-20-13-7-11(6-12(8-16)14(13)17)9-3-2-4-10(5-9)15(18)19/h5-7,10-13,18,24H,2-4,8-9H2,1H3,(H,22,25);2-8,17H,1H3,(H,18,19). The number of carbonyl (C=O) groups excluding carboxylic acids is 3. The van der Waals surface area contributed by atoms with Crippen molar-refractivity contribution in [3.05, 3.63) is 95.1 Å². The smallest absolute Gasteiger partial charge is 0.335 e. The van der Waals surface area contributed by atoms with Gasteiger partial charge < -0.3 is 30.1 Å². The second kappa shape index (κ2) is 15.4. The summed E-state index contributed by atoms with van der Waals surface area (Å²) in [6.07, 6.45) is 6.72. The Labute approximate surface area is 266 Å². The molecular weight excluding hydrogens is 590 g/mol. The molecule has 1 amide bonds. The van der Waals surface area contributed by atoms with Crippen LogP contribution in [0.2, 0.25) is 0 Å². The Balaban J connectivity index is 0.000000216. The summed E-state index contributed by atoms with van der Waals surface area (Å²) >= 11 is 0. The van der Waals surface area contributed by atoms with Crippen molar-refractivity contribution in [1.82, 2.24) is 5.32 Å². The predicted molar refractivity (Wildman–Crippen MR) is 172 cm³/mol. The van der Waals surface area contributed by atoms with E-state index in [0.717, 1.165) is 31.2 Å². The first kappa shape index (κ1) is 33.3. The van der Waals surface area contributed by atoms with Gasteiger partial charge in [0.15, 0.2) is 35.6 Å². The molecule has 4 N–H and O–H groups in total. The third-order valence-corrected chi connectivity index (χ3v) is 7.74. The number of aromatic hydroxyl groups is 2. The van der Waals surface area contributed by atoms with E-state index in [1.54, 1.807) is 42.5 Å². The number of hydrogen-bond acceptors (Lipinski definition) is 8. The highest BCUT2D eigenvalue weighted by atomic mass is 16.5. The zero-order valence-corrected chi connectivity index (χ0v) is 25.5. The SMILES string of the molecule is COc1cc(-c2cccc(C(=O)NC3CCCCC3)c2)cc(C=O)c1O.COc1cc(-c2cccc(C(=O)O)c2)cc(C=O)c1O. The molecule has 238 valence electrons. The molecule has 0 radical (unpaired) electrons. The Bertz CT molecular complexity index is 1740. The largest absolute Gasteiger partial charge is 0.504 e. The number of aromatic carboxylic acids is 1. The van der Waals surface area contributed by atoms with E-state index in [-0.39, 0.29) is 51.6 Å². The van der Waals surface area contributed by atoms with Gasteiger partial charge >= 0.3 is 5.97 Å². The van der Waals surface area contributed by atoms with Gasteiger partial charge in [-0.3, -0.25) is 14.4 Å². The van der Waals surface area contributed by atoms with Crippen molar-refractivity contribution in [1.29, 1.82) is 0 Å². The van der Waals surface area contributed by atoms with Crippen LogP contribution >= 0.6 is 0 Å². The topological polar surface area (TPSA) is 159 Å². The van der Waals surface area contributed by atoms with Gasteiger partial charge in [0.1, 0.15) is 0 Å². The summed E-state index contributed by atoms with van der Waals surface area (Å²) in [6, 6.07) is 20.0. The average Bonchev–Trinajstić information content (AvgIpc) is 3.09. The lowest BCUT2D eigenvalue weighted by molar-refractivity contribution is 0.0696. The van der Waals surface area contributed by atoms with Crippen LogP contribution in [0.25, 0.3) is 22.3 Å². The number of phenolic OH excluding ortho intramolecular Hbond substituents is 2. The minimum atomic E-state index is -1.03. The lowest BCUT2D eigenvalue weighted by Crippen LogP contribution is -2.36. The fourth-order valence-electron chi connectivity index (χ4n) is 5.27. The maximum atomic E-state index is 12.6. The van der Waals surface area contributed by atoms with Gasteiger partial charge in [-0.05, 0) is 83.6 Å². The quantitative estimate of drug-likeness (QED) is 0.152. The summed E-state index contributed by atoms with van der Waals surface area (Å²) in [5.74, 6) is -1.15. The van der Waals surface area contributed by atoms with E-state index in [1.807, 2.05) is 12.1 Å². The van der Waals surface area contributed by atoms with Crippen LogP contribution in [-0.4, -0.2) is 60.0 Å². The number of carboxylic acids is 1. The molecule has 1 fully saturated rings. The third-order valence-electron chi connectivity index (χ3n) is 7.74. The van der Waals surface area contributed by atoms with E-state index < -0.39 is 5.97 Å². The highest BCUT2D eigenvalue weighted by Gasteiger charge is 2.18. The van der Waals surface area contributed by atoms with Crippen molar-refractivity contribution < 1.29 is 44.0 Å². The molecule has 0 spiro atoms. The minimum Gasteiger partial charge on any atom is -0.504 e. The van der Waals surface area contributed by atoms with Crippen LogP contribution in [0.1, 0.15) is 73.5 Å². The summed E-state index contributed by atoms with van der Waals surface area (Å²) in [4.78, 5) is 45.7. The van der Waals surface area contributed by atoms with Crippen LogP contribution in [0, 0.1) is 0 Å². The molecule has 5 rings (SSSR count). The van der Waals surface area contributed by atoms with E-state index >= 15 is 0 Å². The molecular formula is C36H35NO9. The van der Waals surface area contributed by atoms with Gasteiger partial charge in [0.05, 0.1) is 30.9 Å². The van der Waals surface area contributed by atoms with Gasteiger partial charge in [-0.2, -0.15) is 0 Å². The summed E-state index contributed by atoms with van der Waals surface area (Å²) < 4.78 is 10.1. The molecule has 1 aliphatic carbocycles. The Morgan fingerprint density at radius 3 is 1.63 bits per heavy atom. The van der Waals surface area contributed by atoms with Crippen LogP contribution in [0.4, 0.5) is 0 Å². The van der Waals surface area contributed by atoms with Crippen molar-refractivity contribution in [2.24, 2.45) is 0 Å². The van der Waals surface area contributed by atoms with E-state index in [0.29, 0.717) is 34.8 Å². The normalized spacial score (nSPS) is 12.7. The number of amides is 1. The summed E-state index contributed by atoms with van der Waals surface area (Å²) in [5.41, 5.74) is 3.64. The number of nitrogens with one attached hydrogen (secondary N) is 1. The van der Waals surface area contributed by atoms with Crippen LogP contribution < -0.4 is 14.8 Å². The summed E-state index contributed by atoms with van der Waals surface area (Å²) in [6.45, 7) is 0. The molecule has 0 heterocycles. The van der Waals surface area contributed by atoms with Gasteiger partial charge in [-0.15, -0.1) is 0 Å². The van der Waals surface area contributed by atoms with Gasteiger partial charge in [0.25, 0.3) is 5.91 Å². The maximum Gasteiger partial charge on any atom is 0.335 e. The molecule has 0 unspecified atom stereocenters. The Hall–Kier alpha value is -5.64. The monoisotopic (exact) mass is 625 g/mol. The van der Waals surface area contributed by atoms with E-state index in [1.165, 1.54) is 38.8 Å². The lowest BCUT2D eigenvalue weighted by Gasteiger charge is -2.22. The van der Waals surface area contributed by atoms with E-state index in [2.05, 4.69) is 5.32 Å². The molecule has 10 nitrogen and oxygen atoms in total. The number of methoxy groups -OCH3 is 2. The Kier molecular flexibility index (Phi) is 11.1. The zero-order chi connectivity index (χ0) is 33.2. The van der Waals surface area contributed by atoms with Crippen molar-refractivity contribution in [3.63, 3.8) is 0 Å². The number of carbonyl (C=O) groups is 4. The highest BCUT2D eigenvalue weighted by Crippen LogP contribution is 2.36. The minimum absolute atomic E-state index is 0.0832. The highest BCUT2D eigenvalue weighted by molar-refractivity contribution is 5.96. The van der Waals surface area contributed by atoms with E-state index in [4.69, 9.17) is 14.6 Å². The molecule has 46 heavy (non-hydrogen) atoms. The number of benzene rings is 4. The molecule has 0 atom stereocenters. The van der Waals surface area contributed by atoms with Crippen LogP contribution in [0.3, 0.4) is 0 Å². The summed E-state index contributed by atoms with van der Waals surface area (Å²) in [5, 5.41) is 31.8. The molecule has 1 saturated carbocycles. The zero-order valence-electron chi connectivity index (χ0n) is 25.5. The Morgan fingerprint density at radius 1 is 0.696 bits per heavy atom. The maximum absolute atomic E-state index is 12.6. The number of hydrogen-bond donors (Lipinski definition) is 4. The van der Waals surface area contributed by atoms with E-state index in [9.17, 15) is 29.4 Å². The van der Waals surface area contributed by atoms with Crippen molar-refractivity contribution >= 4 is 24.4 Å². The number of aldehydes is 2. The predicted octanol–water partition coefficient (Wildman–Crippen LogP) is 6.52. The van der Waals surface area contributed by atoms with Gasteiger partial charge in [-0.25, -0.2) is 4.79 Å². The average molecular weight is 626 g/mol. The summed E-state index contributed by atoms with van der Waals surface area (Å²) in [7, 11) is 2.81. The molecule has 0 aliphatic heterocycles. The number of carboxylic acid groups (broad SMARTS) is 1. The number of rotatable bonds is 9. The fourth-order valence-corrected chi connectivity index (χ4v) is 5.27. The van der Waals surface area contributed by atoms with Crippen LogP contribution in [-0.2, 0) is 0 Å². The third kappa shape index (κ3) is 7.89. The first-order chi connectivity index (χ1) is 22.2. The number of phenols is 2. The van der Waals surface area contributed by atoms with Gasteiger partial charge in [-0.1, -0.05) is 43.5 Å². The molecule has 4 aromatic carbocycles. The van der Waals surface area contributed by atoms with Crippen molar-refractivity contribution in [2.75, 3.05) is 14.2 Å². The first-order valence-electron chi connectivity index (χ1n) is 14.7. The van der Waals surface area contributed by atoms with Crippen molar-refractivity contribution in [3.8, 4) is 45.3 Å². The lowest BCUT2D eigenvalue weighted by atomic mass is 9.95. The molecule has 0 saturated heterocycles. The first-order valence-corrected chi connectivity index (χ1v) is 14.7. The van der Waals surface area contributed by atoms with Gasteiger partial charge in [0.2, 0.25) is 0 Å².